The number of aliphatic hydroxyl groups excluding tert-OH is 1. The summed E-state index contributed by atoms with van der Waals surface area (Å²) in [6.45, 7) is 2.65. The Morgan fingerprint density at radius 1 is 1.41 bits per heavy atom. The van der Waals surface area contributed by atoms with E-state index in [0.29, 0.717) is 17.3 Å². The Bertz CT molecular complexity index is 432. The van der Waals surface area contributed by atoms with Crippen molar-refractivity contribution in [3.8, 4) is 0 Å². The molecule has 2 bridgehead atoms. The van der Waals surface area contributed by atoms with Gasteiger partial charge in [-0.25, -0.2) is 4.39 Å². The van der Waals surface area contributed by atoms with Gasteiger partial charge in [0, 0.05) is 12.6 Å². The van der Waals surface area contributed by atoms with Crippen LogP contribution in [0.5, 0.6) is 0 Å². The lowest BCUT2D eigenvalue weighted by atomic mass is 10.1. The average molecular weight is 235 g/mol. The van der Waals surface area contributed by atoms with E-state index in [0.717, 1.165) is 12.5 Å². The molecule has 3 heteroatoms. The minimum atomic E-state index is -0.603. The number of hydrogen-bond donors (Lipinski definition) is 1. The molecule has 2 unspecified atom stereocenters. The number of aliphatic hydroxyl groups is 1. The van der Waals surface area contributed by atoms with Crippen molar-refractivity contribution in [2.45, 2.75) is 38.3 Å². The van der Waals surface area contributed by atoms with Crippen molar-refractivity contribution in [1.29, 1.82) is 0 Å². The van der Waals surface area contributed by atoms with E-state index in [1.165, 1.54) is 25.3 Å². The largest absolute Gasteiger partial charge is 0.389 e. The molecule has 3 rings (SSSR count). The second-order valence-corrected chi connectivity index (χ2v) is 5.37. The quantitative estimate of drug-likeness (QED) is 0.852. The van der Waals surface area contributed by atoms with Gasteiger partial charge >= 0.3 is 0 Å². The highest BCUT2D eigenvalue weighted by Gasteiger charge is 2.38. The van der Waals surface area contributed by atoms with Crippen LogP contribution >= 0.6 is 0 Å². The van der Waals surface area contributed by atoms with Crippen LogP contribution in [0.1, 0.15) is 37.9 Å². The normalized spacial score (nSPS) is 28.8. The predicted molar refractivity (Wildman–Crippen MR) is 65.5 cm³/mol. The standard InChI is InChI=1S/C14H18FNO/c1-9(17)11-3-5-14(13(15)7-11)16-8-10-2-4-12(16)6-10/h3,5,7,9-10,12,17H,2,4,6,8H2,1H3/t9-,10?,12?/m0/s1. The molecule has 2 aliphatic rings. The van der Waals surface area contributed by atoms with Gasteiger partial charge in [-0.15, -0.1) is 0 Å². The Hall–Kier alpha value is -1.09. The van der Waals surface area contributed by atoms with Gasteiger partial charge in [-0.1, -0.05) is 6.07 Å². The Labute approximate surface area is 101 Å². The van der Waals surface area contributed by atoms with E-state index < -0.39 is 6.10 Å². The zero-order valence-electron chi connectivity index (χ0n) is 10.1. The number of fused-ring (bicyclic) bond motifs is 2. The summed E-state index contributed by atoms with van der Waals surface area (Å²) in [5.41, 5.74) is 1.36. The second kappa shape index (κ2) is 3.98. The molecule has 0 amide bonds. The van der Waals surface area contributed by atoms with E-state index in [2.05, 4.69) is 4.90 Å². The van der Waals surface area contributed by atoms with Crippen molar-refractivity contribution in [2.75, 3.05) is 11.4 Å². The second-order valence-electron chi connectivity index (χ2n) is 5.37. The first-order chi connectivity index (χ1) is 8.15. The van der Waals surface area contributed by atoms with Crippen LogP contribution in [-0.2, 0) is 0 Å². The maximum absolute atomic E-state index is 14.0. The van der Waals surface area contributed by atoms with Gasteiger partial charge in [0.1, 0.15) is 5.82 Å². The van der Waals surface area contributed by atoms with E-state index in [-0.39, 0.29) is 5.82 Å². The molecule has 0 radical (unpaired) electrons. The third-order valence-corrected chi connectivity index (χ3v) is 4.17. The van der Waals surface area contributed by atoms with Crippen LogP contribution in [0.25, 0.3) is 0 Å². The topological polar surface area (TPSA) is 23.5 Å². The number of nitrogens with zero attached hydrogens (tertiary/aromatic N) is 1. The maximum atomic E-state index is 14.0. The number of halogens is 1. The minimum Gasteiger partial charge on any atom is -0.389 e. The molecule has 2 fully saturated rings. The van der Waals surface area contributed by atoms with E-state index in [4.69, 9.17) is 0 Å². The summed E-state index contributed by atoms with van der Waals surface area (Å²) in [5, 5.41) is 9.43. The molecule has 1 N–H and O–H groups in total. The maximum Gasteiger partial charge on any atom is 0.146 e. The van der Waals surface area contributed by atoms with Crippen LogP contribution in [0.15, 0.2) is 18.2 Å². The zero-order chi connectivity index (χ0) is 12.0. The number of benzene rings is 1. The van der Waals surface area contributed by atoms with Crippen molar-refractivity contribution in [3.05, 3.63) is 29.6 Å². The zero-order valence-corrected chi connectivity index (χ0v) is 10.1. The van der Waals surface area contributed by atoms with E-state index >= 15 is 0 Å². The van der Waals surface area contributed by atoms with Gasteiger partial charge in [-0.05, 0) is 49.8 Å². The fraction of sp³-hybridized carbons (Fsp3) is 0.571. The Morgan fingerprint density at radius 3 is 2.76 bits per heavy atom. The Kier molecular flexibility index (Phi) is 2.58. The SMILES string of the molecule is C[C@H](O)c1ccc(N2CC3CCC2C3)c(F)c1. The summed E-state index contributed by atoms with van der Waals surface area (Å²) in [5.74, 6) is 0.562. The van der Waals surface area contributed by atoms with Gasteiger partial charge < -0.3 is 10.0 Å². The monoisotopic (exact) mass is 235 g/mol. The van der Waals surface area contributed by atoms with Gasteiger partial charge in [-0.2, -0.15) is 0 Å². The highest BCUT2D eigenvalue weighted by atomic mass is 19.1. The molecule has 17 heavy (non-hydrogen) atoms. The van der Waals surface area contributed by atoms with E-state index in [1.807, 2.05) is 12.1 Å². The number of piperidine rings is 1. The fourth-order valence-corrected chi connectivity index (χ4v) is 3.24. The molecule has 1 aliphatic heterocycles. The van der Waals surface area contributed by atoms with Crippen molar-refractivity contribution >= 4 is 5.69 Å². The summed E-state index contributed by atoms with van der Waals surface area (Å²) >= 11 is 0. The van der Waals surface area contributed by atoms with Gasteiger partial charge in [0.2, 0.25) is 0 Å². The summed E-state index contributed by atoms with van der Waals surface area (Å²) in [6, 6.07) is 5.64. The minimum absolute atomic E-state index is 0.198. The molecule has 2 nitrogen and oxygen atoms in total. The van der Waals surface area contributed by atoms with Crippen LogP contribution in [0.2, 0.25) is 0 Å². The number of rotatable bonds is 2. The molecule has 0 spiro atoms. The van der Waals surface area contributed by atoms with Crippen molar-refractivity contribution in [1.82, 2.24) is 0 Å². The Morgan fingerprint density at radius 2 is 2.24 bits per heavy atom. The molecular weight excluding hydrogens is 217 g/mol. The summed E-state index contributed by atoms with van der Waals surface area (Å²) in [7, 11) is 0. The highest BCUT2D eigenvalue weighted by Crippen LogP contribution is 2.41. The van der Waals surface area contributed by atoms with Crippen molar-refractivity contribution in [2.24, 2.45) is 5.92 Å². The lowest BCUT2D eigenvalue weighted by Gasteiger charge is -2.29. The molecule has 92 valence electrons. The molecule has 1 aromatic rings. The third-order valence-electron chi connectivity index (χ3n) is 4.17. The highest BCUT2D eigenvalue weighted by molar-refractivity contribution is 5.52. The first-order valence-corrected chi connectivity index (χ1v) is 6.39. The van der Waals surface area contributed by atoms with Crippen molar-refractivity contribution in [3.63, 3.8) is 0 Å². The van der Waals surface area contributed by atoms with Crippen LogP contribution < -0.4 is 4.90 Å². The molecule has 1 saturated heterocycles. The number of hydrogen-bond acceptors (Lipinski definition) is 2. The van der Waals surface area contributed by atoms with Crippen LogP contribution in [0, 0.1) is 11.7 Å². The van der Waals surface area contributed by atoms with Gasteiger partial charge in [0.15, 0.2) is 0 Å². The van der Waals surface area contributed by atoms with Gasteiger partial charge in [0.25, 0.3) is 0 Å². The first kappa shape index (κ1) is 11.0. The van der Waals surface area contributed by atoms with Gasteiger partial charge in [0.05, 0.1) is 11.8 Å². The van der Waals surface area contributed by atoms with Crippen LogP contribution in [0.3, 0.4) is 0 Å². The molecular formula is C14H18FNO. The first-order valence-electron chi connectivity index (χ1n) is 6.39. The summed E-state index contributed by atoms with van der Waals surface area (Å²) in [6.07, 6.45) is 3.11. The van der Waals surface area contributed by atoms with E-state index in [1.54, 1.807) is 6.92 Å². The average Bonchev–Trinajstić information content (AvgIpc) is 2.90. The smallest absolute Gasteiger partial charge is 0.146 e. The Balaban J connectivity index is 1.89. The van der Waals surface area contributed by atoms with Gasteiger partial charge in [-0.3, -0.25) is 0 Å². The molecule has 0 aromatic heterocycles. The molecule has 1 aliphatic carbocycles. The lowest BCUT2D eigenvalue weighted by Crippen LogP contribution is -2.32. The summed E-state index contributed by atoms with van der Waals surface area (Å²) < 4.78 is 14.0. The molecule has 1 heterocycles. The van der Waals surface area contributed by atoms with Crippen LogP contribution in [0.4, 0.5) is 10.1 Å². The van der Waals surface area contributed by atoms with Crippen LogP contribution in [-0.4, -0.2) is 17.7 Å². The molecule has 3 atom stereocenters. The fourth-order valence-electron chi connectivity index (χ4n) is 3.24. The molecule has 1 aromatic carbocycles. The lowest BCUT2D eigenvalue weighted by molar-refractivity contribution is 0.199. The molecule has 1 saturated carbocycles. The van der Waals surface area contributed by atoms with Crippen molar-refractivity contribution < 1.29 is 9.50 Å². The van der Waals surface area contributed by atoms with E-state index in [9.17, 15) is 9.50 Å². The summed E-state index contributed by atoms with van der Waals surface area (Å²) in [4.78, 5) is 2.20. The predicted octanol–water partition coefficient (Wildman–Crippen LogP) is 2.87. The third kappa shape index (κ3) is 1.82. The number of anilines is 1.